The molecule has 112 valence electrons. The van der Waals surface area contributed by atoms with Crippen LogP contribution in [0.3, 0.4) is 0 Å². The molecule has 1 aliphatic heterocycles. The van der Waals surface area contributed by atoms with Crippen LogP contribution in [0.25, 0.3) is 0 Å². The highest BCUT2D eigenvalue weighted by Crippen LogP contribution is 2.12. The fourth-order valence-corrected chi connectivity index (χ4v) is 1.87. The lowest BCUT2D eigenvalue weighted by Gasteiger charge is -2.25. The van der Waals surface area contributed by atoms with Crippen molar-refractivity contribution >= 4 is 5.96 Å². The van der Waals surface area contributed by atoms with Gasteiger partial charge in [-0.3, -0.25) is 4.99 Å². The van der Waals surface area contributed by atoms with E-state index in [1.807, 2.05) is 33.9 Å². The zero-order chi connectivity index (χ0) is 14.6. The van der Waals surface area contributed by atoms with Crippen LogP contribution < -0.4 is 5.32 Å². The Bertz CT molecular complexity index is 462. The van der Waals surface area contributed by atoms with E-state index in [9.17, 15) is 0 Å². The van der Waals surface area contributed by atoms with Gasteiger partial charge in [0.15, 0.2) is 11.7 Å². The molecule has 1 aromatic rings. The second-order valence-electron chi connectivity index (χ2n) is 6.02. The summed E-state index contributed by atoms with van der Waals surface area (Å²) in [6.45, 7) is 9.03. The Balaban J connectivity index is 1.82. The number of aromatic nitrogens is 1. The van der Waals surface area contributed by atoms with Crippen LogP contribution in [0.2, 0.25) is 0 Å². The topological polar surface area (TPSA) is 62.9 Å². The number of ether oxygens (including phenoxy) is 1. The predicted octanol–water partition coefficient (Wildman–Crippen LogP) is 1.77. The highest BCUT2D eigenvalue weighted by Gasteiger charge is 2.14. The molecule has 0 aromatic carbocycles. The standard InChI is InChI=1S/C14H24N4O2/c1-14(2,3)19-10-12-8-11(17-20-12)9-16-13-15-6-5-7-18(13)4/h8H,5-7,9-10H2,1-4H3,(H,15,16). The molecular weight excluding hydrogens is 256 g/mol. The summed E-state index contributed by atoms with van der Waals surface area (Å²) in [4.78, 5) is 6.57. The van der Waals surface area contributed by atoms with Gasteiger partial charge in [0.1, 0.15) is 12.3 Å². The lowest BCUT2D eigenvalue weighted by atomic mass is 10.2. The van der Waals surface area contributed by atoms with E-state index in [4.69, 9.17) is 9.26 Å². The van der Waals surface area contributed by atoms with Gasteiger partial charge < -0.3 is 19.5 Å². The van der Waals surface area contributed by atoms with E-state index < -0.39 is 0 Å². The van der Waals surface area contributed by atoms with Gasteiger partial charge in [0.25, 0.3) is 0 Å². The van der Waals surface area contributed by atoms with Crippen LogP contribution in [0.1, 0.15) is 38.6 Å². The number of nitrogens with zero attached hydrogens (tertiary/aromatic N) is 3. The Morgan fingerprint density at radius 2 is 2.25 bits per heavy atom. The van der Waals surface area contributed by atoms with Gasteiger partial charge in [0.2, 0.25) is 0 Å². The van der Waals surface area contributed by atoms with Crippen LogP contribution in [0, 0.1) is 0 Å². The summed E-state index contributed by atoms with van der Waals surface area (Å²) >= 11 is 0. The number of aliphatic imine (C=N–C) groups is 1. The van der Waals surface area contributed by atoms with Gasteiger partial charge >= 0.3 is 0 Å². The van der Waals surface area contributed by atoms with Gasteiger partial charge in [-0.1, -0.05) is 5.16 Å². The normalized spacial score (nSPS) is 16.2. The Kier molecular flexibility index (Phi) is 4.65. The quantitative estimate of drug-likeness (QED) is 0.910. The van der Waals surface area contributed by atoms with Gasteiger partial charge in [0.05, 0.1) is 12.1 Å². The first-order valence-corrected chi connectivity index (χ1v) is 7.02. The van der Waals surface area contributed by atoms with Crippen molar-refractivity contribution < 1.29 is 9.26 Å². The fourth-order valence-electron chi connectivity index (χ4n) is 1.87. The molecule has 0 atom stereocenters. The molecule has 1 N–H and O–H groups in total. The highest BCUT2D eigenvalue weighted by molar-refractivity contribution is 5.80. The van der Waals surface area contributed by atoms with Crippen molar-refractivity contribution in [3.63, 3.8) is 0 Å². The number of guanidine groups is 1. The minimum atomic E-state index is -0.176. The Hall–Kier alpha value is -1.56. The SMILES string of the molecule is CN1CCCN=C1NCc1cc(COC(C)(C)C)on1. The largest absolute Gasteiger partial charge is 0.368 e. The molecule has 0 aliphatic carbocycles. The lowest BCUT2D eigenvalue weighted by molar-refractivity contribution is -0.0241. The van der Waals surface area contributed by atoms with Crippen LogP contribution in [-0.4, -0.2) is 41.8 Å². The van der Waals surface area contributed by atoms with Crippen molar-refractivity contribution in [3.8, 4) is 0 Å². The van der Waals surface area contributed by atoms with E-state index in [0.29, 0.717) is 13.2 Å². The van der Waals surface area contributed by atoms with Gasteiger partial charge in [-0.25, -0.2) is 0 Å². The first-order chi connectivity index (χ1) is 9.44. The molecule has 0 radical (unpaired) electrons. The second-order valence-corrected chi connectivity index (χ2v) is 6.02. The van der Waals surface area contributed by atoms with E-state index in [2.05, 4.69) is 20.4 Å². The summed E-state index contributed by atoms with van der Waals surface area (Å²) in [6.07, 6.45) is 1.11. The summed E-state index contributed by atoms with van der Waals surface area (Å²) in [7, 11) is 2.04. The molecule has 2 rings (SSSR count). The zero-order valence-corrected chi connectivity index (χ0v) is 12.8. The maximum atomic E-state index is 5.65. The maximum Gasteiger partial charge on any atom is 0.193 e. The number of hydrogen-bond donors (Lipinski definition) is 1. The van der Waals surface area contributed by atoms with Crippen LogP contribution in [0.15, 0.2) is 15.6 Å². The molecule has 0 unspecified atom stereocenters. The third-order valence-electron chi connectivity index (χ3n) is 2.96. The van der Waals surface area contributed by atoms with Crippen molar-refractivity contribution in [1.82, 2.24) is 15.4 Å². The van der Waals surface area contributed by atoms with E-state index in [0.717, 1.165) is 36.9 Å². The minimum Gasteiger partial charge on any atom is -0.368 e. The Morgan fingerprint density at radius 1 is 1.45 bits per heavy atom. The molecule has 6 heteroatoms. The summed E-state index contributed by atoms with van der Waals surface area (Å²) in [6, 6.07) is 1.92. The van der Waals surface area contributed by atoms with Crippen LogP contribution in [0.5, 0.6) is 0 Å². The molecular formula is C14H24N4O2. The molecule has 0 amide bonds. The van der Waals surface area contributed by atoms with E-state index in [-0.39, 0.29) is 5.60 Å². The molecule has 0 saturated carbocycles. The monoisotopic (exact) mass is 280 g/mol. The number of rotatable bonds is 4. The Labute approximate surface area is 120 Å². The van der Waals surface area contributed by atoms with Crippen LogP contribution in [0.4, 0.5) is 0 Å². The number of nitrogens with one attached hydrogen (secondary N) is 1. The lowest BCUT2D eigenvalue weighted by Crippen LogP contribution is -2.41. The molecule has 2 heterocycles. The second kappa shape index (κ2) is 6.26. The van der Waals surface area contributed by atoms with Crippen molar-refractivity contribution in [2.45, 2.75) is 45.9 Å². The Morgan fingerprint density at radius 3 is 2.95 bits per heavy atom. The molecule has 20 heavy (non-hydrogen) atoms. The number of hydrogen-bond acceptors (Lipinski definition) is 6. The molecule has 6 nitrogen and oxygen atoms in total. The average Bonchev–Trinajstić information content (AvgIpc) is 2.83. The smallest absolute Gasteiger partial charge is 0.193 e. The summed E-state index contributed by atoms with van der Waals surface area (Å²) < 4.78 is 10.9. The molecule has 0 spiro atoms. The van der Waals surface area contributed by atoms with Crippen LogP contribution in [-0.2, 0) is 17.9 Å². The summed E-state index contributed by atoms with van der Waals surface area (Å²) in [5.41, 5.74) is 0.685. The molecule has 1 aliphatic rings. The fraction of sp³-hybridized carbons (Fsp3) is 0.714. The van der Waals surface area contributed by atoms with Crippen LogP contribution >= 0.6 is 0 Å². The maximum absolute atomic E-state index is 5.65. The van der Waals surface area contributed by atoms with E-state index >= 15 is 0 Å². The molecule has 0 bridgehead atoms. The first-order valence-electron chi connectivity index (χ1n) is 7.02. The van der Waals surface area contributed by atoms with Crippen molar-refractivity contribution in [1.29, 1.82) is 0 Å². The van der Waals surface area contributed by atoms with E-state index in [1.165, 1.54) is 0 Å². The summed E-state index contributed by atoms with van der Waals surface area (Å²) in [5, 5.41) is 7.32. The molecule has 0 fully saturated rings. The summed E-state index contributed by atoms with van der Waals surface area (Å²) in [5.74, 6) is 1.67. The third-order valence-corrected chi connectivity index (χ3v) is 2.96. The van der Waals surface area contributed by atoms with Gasteiger partial charge in [-0.05, 0) is 27.2 Å². The van der Waals surface area contributed by atoms with Gasteiger partial charge in [-0.2, -0.15) is 0 Å². The molecule has 0 saturated heterocycles. The molecule has 1 aromatic heterocycles. The van der Waals surface area contributed by atoms with Gasteiger partial charge in [-0.15, -0.1) is 0 Å². The highest BCUT2D eigenvalue weighted by atomic mass is 16.5. The van der Waals surface area contributed by atoms with Crippen molar-refractivity contribution in [2.24, 2.45) is 4.99 Å². The van der Waals surface area contributed by atoms with Crippen molar-refractivity contribution in [2.75, 3.05) is 20.1 Å². The van der Waals surface area contributed by atoms with E-state index in [1.54, 1.807) is 0 Å². The predicted molar refractivity (Wildman–Crippen MR) is 77.4 cm³/mol. The first kappa shape index (κ1) is 14.8. The minimum absolute atomic E-state index is 0.176. The van der Waals surface area contributed by atoms with Crippen molar-refractivity contribution in [3.05, 3.63) is 17.5 Å². The average molecular weight is 280 g/mol. The van der Waals surface area contributed by atoms with Gasteiger partial charge in [0, 0.05) is 26.2 Å². The third kappa shape index (κ3) is 4.52. The zero-order valence-electron chi connectivity index (χ0n) is 12.8.